The number of halogens is 1. The molecule has 0 spiro atoms. The molecule has 2 heterocycles. The van der Waals surface area contributed by atoms with Gasteiger partial charge in [-0.15, -0.1) is 0 Å². The van der Waals surface area contributed by atoms with E-state index in [9.17, 15) is 23.6 Å². The van der Waals surface area contributed by atoms with Gasteiger partial charge in [0.15, 0.2) is 0 Å². The van der Waals surface area contributed by atoms with Gasteiger partial charge in [0.2, 0.25) is 11.8 Å². The predicted molar refractivity (Wildman–Crippen MR) is 101 cm³/mol. The number of methoxy groups -OCH3 is 1. The van der Waals surface area contributed by atoms with Gasteiger partial charge in [-0.05, 0) is 25.6 Å². The fourth-order valence-electron chi connectivity index (χ4n) is 3.52. The molecule has 2 aliphatic heterocycles. The van der Waals surface area contributed by atoms with E-state index in [2.05, 4.69) is 10.6 Å². The summed E-state index contributed by atoms with van der Waals surface area (Å²) < 4.78 is 19.9. The van der Waals surface area contributed by atoms with Crippen LogP contribution in [0.15, 0.2) is 12.1 Å². The number of amides is 4. The van der Waals surface area contributed by atoms with Crippen LogP contribution in [0, 0.1) is 5.82 Å². The van der Waals surface area contributed by atoms with Crippen molar-refractivity contribution >= 4 is 29.3 Å². The van der Waals surface area contributed by atoms with Crippen molar-refractivity contribution in [3.63, 3.8) is 0 Å². The summed E-state index contributed by atoms with van der Waals surface area (Å²) in [6.07, 6.45) is 0.0752. The third kappa shape index (κ3) is 3.99. The number of piperidine rings is 1. The molecule has 3 rings (SSSR count). The molecule has 1 unspecified atom stereocenters. The van der Waals surface area contributed by atoms with Crippen molar-refractivity contribution in [2.75, 3.05) is 45.3 Å². The molecular formula is C19H23FN4O5. The number of likely N-dealkylation sites (N-methyl/N-ethyl adjacent to an activating group) is 1. The lowest BCUT2D eigenvalue weighted by molar-refractivity contribution is -0.136. The number of hydrogen-bond acceptors (Lipinski definition) is 7. The maximum atomic E-state index is 14.8. The summed E-state index contributed by atoms with van der Waals surface area (Å²) in [5, 5.41) is 5.12. The minimum absolute atomic E-state index is 0.0260. The lowest BCUT2D eigenvalue weighted by Crippen LogP contribution is -2.54. The van der Waals surface area contributed by atoms with Crippen LogP contribution >= 0.6 is 0 Å². The number of nitrogens with zero attached hydrogens (tertiary/aromatic N) is 2. The van der Waals surface area contributed by atoms with Crippen LogP contribution in [0.1, 0.15) is 33.6 Å². The zero-order valence-electron chi connectivity index (χ0n) is 16.3. The first kappa shape index (κ1) is 20.9. The summed E-state index contributed by atoms with van der Waals surface area (Å²) in [4.78, 5) is 51.7. The summed E-state index contributed by atoms with van der Waals surface area (Å²) in [5.74, 6) is -3.19. The second-order valence-electron chi connectivity index (χ2n) is 6.88. The van der Waals surface area contributed by atoms with Crippen molar-refractivity contribution in [3.8, 4) is 0 Å². The Labute approximate surface area is 167 Å². The van der Waals surface area contributed by atoms with E-state index in [0.29, 0.717) is 26.2 Å². The van der Waals surface area contributed by atoms with Crippen molar-refractivity contribution in [2.24, 2.45) is 0 Å². The maximum Gasteiger partial charge on any atom is 0.262 e. The molecule has 0 aromatic heterocycles. The standard InChI is InChI=1S/C19H23FN4O5/c1-21-5-6-23(7-8-29-2)15-10-12-11(9-13(15)20)18(27)24(19(12)28)14-3-4-16(25)22-17(14)26/h9-10,14,21H,3-8H2,1-2H3,(H,22,25,26). The fraction of sp³-hybridized carbons (Fsp3) is 0.474. The van der Waals surface area contributed by atoms with Crippen LogP contribution in [0.2, 0.25) is 0 Å². The molecule has 4 amide bonds. The number of nitrogens with one attached hydrogen (secondary N) is 2. The van der Waals surface area contributed by atoms with Gasteiger partial charge in [0, 0.05) is 33.2 Å². The van der Waals surface area contributed by atoms with Crippen LogP contribution < -0.4 is 15.5 Å². The lowest BCUT2D eigenvalue weighted by atomic mass is 10.0. The topological polar surface area (TPSA) is 108 Å². The van der Waals surface area contributed by atoms with E-state index in [-0.39, 0.29) is 29.7 Å². The quantitative estimate of drug-likeness (QED) is 0.581. The number of anilines is 1. The summed E-state index contributed by atoms with van der Waals surface area (Å²) >= 11 is 0. The first-order valence-electron chi connectivity index (χ1n) is 9.32. The van der Waals surface area contributed by atoms with E-state index in [1.807, 2.05) is 0 Å². The maximum absolute atomic E-state index is 14.8. The van der Waals surface area contributed by atoms with Gasteiger partial charge in [-0.3, -0.25) is 29.4 Å². The number of hydrogen-bond donors (Lipinski definition) is 2. The molecule has 156 valence electrons. The number of fused-ring (bicyclic) bond motifs is 1. The van der Waals surface area contributed by atoms with Crippen molar-refractivity contribution in [1.82, 2.24) is 15.5 Å². The molecule has 0 radical (unpaired) electrons. The molecular weight excluding hydrogens is 383 g/mol. The first-order valence-corrected chi connectivity index (χ1v) is 9.32. The Bertz CT molecular complexity index is 851. The monoisotopic (exact) mass is 406 g/mol. The van der Waals surface area contributed by atoms with Gasteiger partial charge >= 0.3 is 0 Å². The Morgan fingerprint density at radius 3 is 2.52 bits per heavy atom. The molecule has 0 bridgehead atoms. The SMILES string of the molecule is CNCCN(CCOC)c1cc2c(cc1F)C(=O)N(C1CCC(=O)NC1=O)C2=O. The molecule has 10 heteroatoms. The van der Waals surface area contributed by atoms with Gasteiger partial charge in [0.1, 0.15) is 11.9 Å². The molecule has 1 fully saturated rings. The number of rotatable bonds is 8. The Morgan fingerprint density at radius 2 is 1.90 bits per heavy atom. The van der Waals surface area contributed by atoms with Crippen molar-refractivity contribution in [1.29, 1.82) is 0 Å². The molecule has 9 nitrogen and oxygen atoms in total. The molecule has 29 heavy (non-hydrogen) atoms. The van der Waals surface area contributed by atoms with Gasteiger partial charge in [-0.1, -0.05) is 0 Å². The highest BCUT2D eigenvalue weighted by atomic mass is 19.1. The average molecular weight is 406 g/mol. The van der Waals surface area contributed by atoms with Crippen LogP contribution in [-0.4, -0.2) is 75.0 Å². The second-order valence-corrected chi connectivity index (χ2v) is 6.88. The van der Waals surface area contributed by atoms with Crippen LogP contribution in [0.5, 0.6) is 0 Å². The first-order chi connectivity index (χ1) is 13.9. The van der Waals surface area contributed by atoms with E-state index in [1.54, 1.807) is 11.9 Å². The van der Waals surface area contributed by atoms with Crippen molar-refractivity contribution in [3.05, 3.63) is 29.1 Å². The summed E-state index contributed by atoms with van der Waals surface area (Å²) in [6.45, 7) is 1.80. The summed E-state index contributed by atoms with van der Waals surface area (Å²) in [7, 11) is 3.31. The number of carbonyl (C=O) groups is 4. The van der Waals surface area contributed by atoms with Crippen molar-refractivity contribution in [2.45, 2.75) is 18.9 Å². The highest BCUT2D eigenvalue weighted by molar-refractivity contribution is 6.23. The van der Waals surface area contributed by atoms with Crippen LogP contribution in [0.3, 0.4) is 0 Å². The van der Waals surface area contributed by atoms with E-state index < -0.39 is 35.5 Å². The number of ether oxygens (including phenoxy) is 1. The molecule has 0 aliphatic carbocycles. The zero-order valence-corrected chi connectivity index (χ0v) is 16.3. The van der Waals surface area contributed by atoms with Crippen LogP contribution in [0.25, 0.3) is 0 Å². The molecule has 2 aliphatic rings. The minimum atomic E-state index is -1.08. The van der Waals surface area contributed by atoms with E-state index in [1.165, 1.54) is 13.2 Å². The smallest absolute Gasteiger partial charge is 0.262 e. The van der Waals surface area contributed by atoms with Gasteiger partial charge in [-0.25, -0.2) is 4.39 Å². The number of imide groups is 2. The Kier molecular flexibility index (Phi) is 6.23. The summed E-state index contributed by atoms with van der Waals surface area (Å²) in [6, 6.07) is 1.30. The van der Waals surface area contributed by atoms with E-state index in [4.69, 9.17) is 4.74 Å². The third-order valence-electron chi connectivity index (χ3n) is 5.04. The lowest BCUT2D eigenvalue weighted by Gasteiger charge is -2.27. The summed E-state index contributed by atoms with van der Waals surface area (Å²) in [5.41, 5.74) is 0.145. The van der Waals surface area contributed by atoms with Gasteiger partial charge in [0.25, 0.3) is 11.8 Å². The highest BCUT2D eigenvalue weighted by Gasteiger charge is 2.45. The fourth-order valence-corrected chi connectivity index (χ4v) is 3.52. The molecule has 1 aromatic carbocycles. The Hall–Kier alpha value is -2.85. The molecule has 2 N–H and O–H groups in total. The normalized spacial score (nSPS) is 18.9. The average Bonchev–Trinajstić information content (AvgIpc) is 2.92. The van der Waals surface area contributed by atoms with E-state index >= 15 is 0 Å². The Balaban J connectivity index is 1.93. The molecule has 1 atom stereocenters. The van der Waals surface area contributed by atoms with Crippen LogP contribution in [0.4, 0.5) is 10.1 Å². The minimum Gasteiger partial charge on any atom is -0.383 e. The second kappa shape index (κ2) is 8.66. The largest absolute Gasteiger partial charge is 0.383 e. The molecule has 1 saturated heterocycles. The zero-order chi connectivity index (χ0) is 21.1. The number of carbonyl (C=O) groups excluding carboxylic acids is 4. The molecule has 0 saturated carbocycles. The van der Waals surface area contributed by atoms with E-state index in [0.717, 1.165) is 11.0 Å². The van der Waals surface area contributed by atoms with Crippen molar-refractivity contribution < 1.29 is 28.3 Å². The van der Waals surface area contributed by atoms with Gasteiger partial charge in [0.05, 0.1) is 23.4 Å². The third-order valence-corrected chi connectivity index (χ3v) is 5.04. The highest BCUT2D eigenvalue weighted by Crippen LogP contribution is 2.32. The van der Waals surface area contributed by atoms with Gasteiger partial charge in [-0.2, -0.15) is 0 Å². The Morgan fingerprint density at radius 1 is 1.21 bits per heavy atom. The molecule has 1 aromatic rings. The van der Waals surface area contributed by atoms with Gasteiger partial charge < -0.3 is 15.0 Å². The predicted octanol–water partition coefficient (Wildman–Crippen LogP) is -0.101. The number of benzene rings is 1. The van der Waals surface area contributed by atoms with Crippen LogP contribution in [-0.2, 0) is 14.3 Å².